The Morgan fingerprint density at radius 2 is 2.19 bits per heavy atom. The maximum Gasteiger partial charge on any atom is 0.274 e. The van der Waals surface area contributed by atoms with Crippen LogP contribution in [0.25, 0.3) is 0 Å². The molecule has 21 heavy (non-hydrogen) atoms. The fraction of sp³-hybridized carbons (Fsp3) is 0.500. The molecule has 0 unspecified atom stereocenters. The van der Waals surface area contributed by atoms with E-state index in [0.717, 1.165) is 13.1 Å². The highest BCUT2D eigenvalue weighted by atomic mass is 32.1. The predicted molar refractivity (Wildman–Crippen MR) is 86.5 cm³/mol. The summed E-state index contributed by atoms with van der Waals surface area (Å²) >= 11 is 1.71. The summed E-state index contributed by atoms with van der Waals surface area (Å²) in [6.45, 7) is 10.6. The van der Waals surface area contributed by atoms with Gasteiger partial charge in [0, 0.05) is 24.2 Å². The van der Waals surface area contributed by atoms with Gasteiger partial charge < -0.3 is 4.90 Å². The number of rotatable bonds is 6. The zero-order chi connectivity index (χ0) is 15.4. The van der Waals surface area contributed by atoms with Crippen LogP contribution in [-0.4, -0.2) is 27.1 Å². The molecular weight excluding hydrogens is 282 g/mol. The van der Waals surface area contributed by atoms with Gasteiger partial charge in [-0.15, -0.1) is 11.3 Å². The lowest BCUT2D eigenvalue weighted by atomic mass is 10.2. The Kier molecular flexibility index (Phi) is 5.17. The molecule has 0 radical (unpaired) electrons. The van der Waals surface area contributed by atoms with Crippen molar-refractivity contribution in [2.45, 2.75) is 40.8 Å². The minimum Gasteiger partial charge on any atom is -0.332 e. The first-order valence-corrected chi connectivity index (χ1v) is 8.25. The molecule has 0 N–H and O–H groups in total. The highest BCUT2D eigenvalue weighted by molar-refractivity contribution is 7.10. The van der Waals surface area contributed by atoms with Gasteiger partial charge in [-0.05, 0) is 42.8 Å². The van der Waals surface area contributed by atoms with Gasteiger partial charge in [-0.2, -0.15) is 5.10 Å². The van der Waals surface area contributed by atoms with Crippen LogP contribution in [-0.2, 0) is 13.1 Å². The standard InChI is InChI=1S/C16H23N3OS/c1-5-19-8-6-14(17-19)16(20)18(10-12(2)3)11-15-13(4)7-9-21-15/h6-9,12H,5,10-11H2,1-4H3. The van der Waals surface area contributed by atoms with E-state index in [1.807, 2.05) is 18.0 Å². The smallest absolute Gasteiger partial charge is 0.274 e. The van der Waals surface area contributed by atoms with Crippen LogP contribution < -0.4 is 0 Å². The van der Waals surface area contributed by atoms with E-state index in [4.69, 9.17) is 0 Å². The molecule has 0 saturated heterocycles. The van der Waals surface area contributed by atoms with Gasteiger partial charge in [0.2, 0.25) is 0 Å². The summed E-state index contributed by atoms with van der Waals surface area (Å²) in [5, 5.41) is 6.42. The third kappa shape index (κ3) is 3.94. The maximum atomic E-state index is 12.7. The van der Waals surface area contributed by atoms with E-state index in [9.17, 15) is 4.79 Å². The van der Waals surface area contributed by atoms with Crippen molar-refractivity contribution in [3.05, 3.63) is 39.8 Å². The second-order valence-corrected chi connectivity index (χ2v) is 6.66. The number of carbonyl (C=O) groups excluding carboxylic acids is 1. The number of hydrogen-bond acceptors (Lipinski definition) is 3. The number of nitrogens with zero attached hydrogens (tertiary/aromatic N) is 3. The molecule has 1 amide bonds. The number of thiophene rings is 1. The van der Waals surface area contributed by atoms with E-state index in [2.05, 4.69) is 37.3 Å². The van der Waals surface area contributed by atoms with Crippen molar-refractivity contribution in [1.82, 2.24) is 14.7 Å². The first-order valence-electron chi connectivity index (χ1n) is 7.37. The first-order chi connectivity index (χ1) is 10.0. The normalized spacial score (nSPS) is 11.1. The largest absolute Gasteiger partial charge is 0.332 e. The number of aryl methyl sites for hydroxylation is 2. The molecule has 0 atom stereocenters. The van der Waals surface area contributed by atoms with Gasteiger partial charge in [-0.1, -0.05) is 13.8 Å². The minimum atomic E-state index is 0.0173. The molecule has 0 aromatic carbocycles. The maximum absolute atomic E-state index is 12.7. The van der Waals surface area contributed by atoms with Crippen LogP contribution >= 0.6 is 11.3 Å². The lowest BCUT2D eigenvalue weighted by Crippen LogP contribution is -2.34. The molecule has 2 aromatic heterocycles. The van der Waals surface area contributed by atoms with E-state index >= 15 is 0 Å². The van der Waals surface area contributed by atoms with Gasteiger partial charge in [0.25, 0.3) is 5.91 Å². The summed E-state index contributed by atoms with van der Waals surface area (Å²) in [7, 11) is 0. The van der Waals surface area contributed by atoms with E-state index in [-0.39, 0.29) is 5.91 Å². The first kappa shape index (κ1) is 15.8. The van der Waals surface area contributed by atoms with Crippen molar-refractivity contribution >= 4 is 17.2 Å². The lowest BCUT2D eigenvalue weighted by Gasteiger charge is -2.23. The van der Waals surface area contributed by atoms with Crippen LogP contribution in [0.4, 0.5) is 0 Å². The molecule has 0 bridgehead atoms. The summed E-state index contributed by atoms with van der Waals surface area (Å²) in [6.07, 6.45) is 1.86. The second-order valence-electron chi connectivity index (χ2n) is 5.66. The average Bonchev–Trinajstić information content (AvgIpc) is 3.06. The fourth-order valence-corrected chi connectivity index (χ4v) is 3.13. The summed E-state index contributed by atoms with van der Waals surface area (Å²) in [4.78, 5) is 15.9. The molecule has 114 valence electrons. The van der Waals surface area contributed by atoms with Crippen molar-refractivity contribution in [2.75, 3.05) is 6.54 Å². The number of carbonyl (C=O) groups is 1. The monoisotopic (exact) mass is 305 g/mol. The van der Waals surface area contributed by atoms with Crippen molar-refractivity contribution in [3.8, 4) is 0 Å². The summed E-state index contributed by atoms with van der Waals surface area (Å²) in [6, 6.07) is 3.91. The topological polar surface area (TPSA) is 38.1 Å². The molecule has 0 saturated carbocycles. The third-order valence-corrected chi connectivity index (χ3v) is 4.37. The lowest BCUT2D eigenvalue weighted by molar-refractivity contribution is 0.0717. The second kappa shape index (κ2) is 6.89. The molecule has 0 aliphatic rings. The van der Waals surface area contributed by atoms with Gasteiger partial charge in [-0.25, -0.2) is 0 Å². The molecular formula is C16H23N3OS. The summed E-state index contributed by atoms with van der Waals surface area (Å²) in [5.41, 5.74) is 1.78. The van der Waals surface area contributed by atoms with Gasteiger partial charge in [0.1, 0.15) is 5.69 Å². The van der Waals surface area contributed by atoms with Crippen LogP contribution in [0, 0.1) is 12.8 Å². The Hall–Kier alpha value is -1.62. The van der Waals surface area contributed by atoms with E-state index in [1.165, 1.54) is 10.4 Å². The molecule has 0 fully saturated rings. The van der Waals surface area contributed by atoms with Crippen molar-refractivity contribution in [2.24, 2.45) is 5.92 Å². The van der Waals surface area contributed by atoms with Crippen LogP contribution in [0.2, 0.25) is 0 Å². The minimum absolute atomic E-state index is 0.0173. The summed E-state index contributed by atoms with van der Waals surface area (Å²) in [5.74, 6) is 0.450. The number of hydrogen-bond donors (Lipinski definition) is 0. The molecule has 2 aromatic rings. The fourth-order valence-electron chi connectivity index (χ4n) is 2.21. The average molecular weight is 305 g/mol. The molecule has 2 heterocycles. The van der Waals surface area contributed by atoms with Crippen molar-refractivity contribution < 1.29 is 4.79 Å². The van der Waals surface area contributed by atoms with Crippen LogP contribution in [0.15, 0.2) is 23.7 Å². The van der Waals surface area contributed by atoms with E-state index in [1.54, 1.807) is 22.1 Å². The molecule has 5 heteroatoms. The molecule has 2 rings (SSSR count). The zero-order valence-corrected chi connectivity index (χ0v) is 14.0. The Morgan fingerprint density at radius 1 is 1.43 bits per heavy atom. The quantitative estimate of drug-likeness (QED) is 0.818. The van der Waals surface area contributed by atoms with Gasteiger partial charge in [0.05, 0.1) is 6.54 Å². The Bertz CT molecular complexity index is 600. The van der Waals surface area contributed by atoms with E-state index < -0.39 is 0 Å². The zero-order valence-electron chi connectivity index (χ0n) is 13.2. The number of amides is 1. The van der Waals surface area contributed by atoms with Crippen LogP contribution in [0.1, 0.15) is 41.7 Å². The third-order valence-electron chi connectivity index (χ3n) is 3.36. The Morgan fingerprint density at radius 3 is 2.71 bits per heavy atom. The molecule has 0 aliphatic carbocycles. The summed E-state index contributed by atoms with van der Waals surface area (Å²) < 4.78 is 1.79. The van der Waals surface area contributed by atoms with Gasteiger partial charge in [-0.3, -0.25) is 9.48 Å². The molecule has 0 spiro atoms. The van der Waals surface area contributed by atoms with E-state index in [0.29, 0.717) is 18.2 Å². The SMILES string of the molecule is CCn1ccc(C(=O)N(Cc2sccc2C)CC(C)C)n1. The highest BCUT2D eigenvalue weighted by Gasteiger charge is 2.20. The predicted octanol–water partition coefficient (Wildman–Crippen LogP) is 3.57. The molecule has 4 nitrogen and oxygen atoms in total. The number of aromatic nitrogens is 2. The van der Waals surface area contributed by atoms with Crippen molar-refractivity contribution in [1.29, 1.82) is 0 Å². The Balaban J connectivity index is 2.18. The highest BCUT2D eigenvalue weighted by Crippen LogP contribution is 2.19. The van der Waals surface area contributed by atoms with Gasteiger partial charge in [0.15, 0.2) is 0 Å². The van der Waals surface area contributed by atoms with Gasteiger partial charge >= 0.3 is 0 Å². The Labute approximate surface area is 130 Å². The molecule has 0 aliphatic heterocycles. The van der Waals surface area contributed by atoms with Crippen LogP contribution in [0.3, 0.4) is 0 Å². The van der Waals surface area contributed by atoms with Crippen molar-refractivity contribution in [3.63, 3.8) is 0 Å². The van der Waals surface area contributed by atoms with Crippen LogP contribution in [0.5, 0.6) is 0 Å².